The summed E-state index contributed by atoms with van der Waals surface area (Å²) < 4.78 is 2.72. The summed E-state index contributed by atoms with van der Waals surface area (Å²) in [5.41, 5.74) is 6.95. The van der Waals surface area contributed by atoms with E-state index in [0.717, 1.165) is 38.1 Å². The summed E-state index contributed by atoms with van der Waals surface area (Å²) in [5.74, 6) is 0.397. The third-order valence-electron chi connectivity index (χ3n) is 5.27. The number of anilines is 1. The summed E-state index contributed by atoms with van der Waals surface area (Å²) in [4.78, 5) is 17.6. The number of amides is 1. The maximum absolute atomic E-state index is 13.0. The van der Waals surface area contributed by atoms with Gasteiger partial charge in [-0.15, -0.1) is 5.10 Å². The second-order valence-electron chi connectivity index (χ2n) is 7.72. The smallest absolute Gasteiger partial charge is 0.295 e. The Hall–Kier alpha value is -3.25. The molecule has 0 saturated heterocycles. The fourth-order valence-electron chi connectivity index (χ4n) is 3.32. The predicted octanol–water partition coefficient (Wildman–Crippen LogP) is 6.18. The molecule has 3 aromatic carbocycles. The molecule has 0 radical (unpaired) electrons. The average Bonchev–Trinajstić information content (AvgIpc) is 3.18. The molecule has 156 valence electrons. The summed E-state index contributed by atoms with van der Waals surface area (Å²) in [6.07, 6.45) is 0. The lowest BCUT2D eigenvalue weighted by atomic mass is 10.1. The minimum atomic E-state index is -0.342. The van der Waals surface area contributed by atoms with Crippen LogP contribution < -0.4 is 5.32 Å². The van der Waals surface area contributed by atoms with Crippen LogP contribution in [-0.4, -0.2) is 20.7 Å². The Balaban J connectivity index is 1.78. The van der Waals surface area contributed by atoms with Gasteiger partial charge in [0.05, 0.1) is 5.69 Å². The van der Waals surface area contributed by atoms with Crippen LogP contribution in [0.3, 0.4) is 0 Å². The van der Waals surface area contributed by atoms with E-state index >= 15 is 0 Å². The van der Waals surface area contributed by atoms with E-state index in [-0.39, 0.29) is 11.7 Å². The van der Waals surface area contributed by atoms with Crippen molar-refractivity contribution in [3.8, 4) is 17.1 Å². The number of aromatic nitrogens is 3. The molecule has 1 heterocycles. The van der Waals surface area contributed by atoms with Crippen molar-refractivity contribution in [3.63, 3.8) is 0 Å². The van der Waals surface area contributed by atoms with Gasteiger partial charge in [-0.25, -0.2) is 9.67 Å². The van der Waals surface area contributed by atoms with Gasteiger partial charge >= 0.3 is 0 Å². The van der Waals surface area contributed by atoms with Gasteiger partial charge in [-0.2, -0.15) is 0 Å². The maximum atomic E-state index is 13.0. The molecule has 0 aliphatic rings. The van der Waals surface area contributed by atoms with Crippen molar-refractivity contribution in [3.05, 3.63) is 93.2 Å². The SMILES string of the molecule is Cc1ccc(C)c(-n2nc(C(=O)Nc3ccc(C)c(C)c3)nc2-c2ccc(Br)cc2)c1. The normalized spacial score (nSPS) is 10.9. The number of rotatable bonds is 4. The molecule has 6 heteroatoms. The molecule has 0 fully saturated rings. The molecule has 0 saturated carbocycles. The van der Waals surface area contributed by atoms with Gasteiger partial charge in [0.25, 0.3) is 5.91 Å². The van der Waals surface area contributed by atoms with Gasteiger partial charge in [-0.1, -0.05) is 46.3 Å². The zero-order valence-electron chi connectivity index (χ0n) is 17.9. The van der Waals surface area contributed by atoms with Crippen molar-refractivity contribution in [2.45, 2.75) is 27.7 Å². The summed E-state index contributed by atoms with van der Waals surface area (Å²) in [6.45, 7) is 8.12. The highest BCUT2D eigenvalue weighted by Gasteiger charge is 2.20. The third kappa shape index (κ3) is 4.44. The Morgan fingerprint density at radius 2 is 1.58 bits per heavy atom. The lowest BCUT2D eigenvalue weighted by molar-refractivity contribution is 0.101. The van der Waals surface area contributed by atoms with Gasteiger partial charge in [-0.3, -0.25) is 4.79 Å². The first-order valence-corrected chi connectivity index (χ1v) is 10.8. The lowest BCUT2D eigenvalue weighted by Crippen LogP contribution is -2.14. The zero-order chi connectivity index (χ0) is 22.1. The van der Waals surface area contributed by atoms with Crippen molar-refractivity contribution >= 4 is 27.5 Å². The molecule has 0 unspecified atom stereocenters. The van der Waals surface area contributed by atoms with Crippen molar-refractivity contribution in [2.75, 3.05) is 5.32 Å². The summed E-state index contributed by atoms with van der Waals surface area (Å²) in [6, 6.07) is 19.8. The number of benzene rings is 3. The highest BCUT2D eigenvalue weighted by atomic mass is 79.9. The summed E-state index contributed by atoms with van der Waals surface area (Å²) in [5, 5.41) is 7.52. The number of halogens is 1. The van der Waals surface area contributed by atoms with E-state index in [9.17, 15) is 4.79 Å². The first kappa shape index (κ1) is 21.0. The number of hydrogen-bond acceptors (Lipinski definition) is 3. The Labute approximate surface area is 190 Å². The van der Waals surface area contributed by atoms with Crippen molar-refractivity contribution in [2.24, 2.45) is 0 Å². The Morgan fingerprint density at radius 1 is 0.871 bits per heavy atom. The quantitative estimate of drug-likeness (QED) is 0.383. The second kappa shape index (κ2) is 8.47. The molecular formula is C25H23BrN4O. The minimum absolute atomic E-state index is 0.122. The van der Waals surface area contributed by atoms with Crippen molar-refractivity contribution in [1.82, 2.24) is 14.8 Å². The average molecular weight is 475 g/mol. The van der Waals surface area contributed by atoms with Crippen LogP contribution >= 0.6 is 15.9 Å². The Morgan fingerprint density at radius 3 is 2.29 bits per heavy atom. The third-order valence-corrected chi connectivity index (χ3v) is 5.80. The van der Waals surface area contributed by atoms with Gasteiger partial charge in [-0.05, 0) is 80.3 Å². The van der Waals surface area contributed by atoms with E-state index in [0.29, 0.717) is 5.82 Å². The van der Waals surface area contributed by atoms with Crippen LogP contribution in [0.2, 0.25) is 0 Å². The van der Waals surface area contributed by atoms with E-state index < -0.39 is 0 Å². The first-order valence-electron chi connectivity index (χ1n) is 10.0. The standard InChI is InChI=1S/C25H23BrN4O/c1-15-5-6-17(3)22(13-15)30-24(19-8-10-20(26)11-9-19)28-23(29-30)25(31)27-21-12-7-16(2)18(4)14-21/h5-14H,1-4H3,(H,27,31). The molecule has 1 N–H and O–H groups in total. The van der Waals surface area contributed by atoms with Gasteiger partial charge in [0.1, 0.15) is 0 Å². The number of aryl methyl sites for hydroxylation is 4. The molecule has 1 amide bonds. The highest BCUT2D eigenvalue weighted by Crippen LogP contribution is 2.26. The Bertz CT molecular complexity index is 1280. The van der Waals surface area contributed by atoms with Gasteiger partial charge in [0.2, 0.25) is 5.82 Å². The molecule has 1 aromatic heterocycles. The van der Waals surface area contributed by atoms with Crippen LogP contribution in [0.15, 0.2) is 65.1 Å². The number of carbonyl (C=O) groups is 1. The zero-order valence-corrected chi connectivity index (χ0v) is 19.5. The van der Waals surface area contributed by atoms with Gasteiger partial charge < -0.3 is 5.32 Å². The van der Waals surface area contributed by atoms with Gasteiger partial charge in [0.15, 0.2) is 5.82 Å². The summed E-state index contributed by atoms with van der Waals surface area (Å²) >= 11 is 3.47. The number of carbonyl (C=O) groups excluding carboxylic acids is 1. The molecule has 0 aliphatic carbocycles. The number of nitrogens with zero attached hydrogens (tertiary/aromatic N) is 3. The van der Waals surface area contributed by atoms with Crippen LogP contribution in [0.25, 0.3) is 17.1 Å². The molecule has 4 rings (SSSR count). The predicted molar refractivity (Wildman–Crippen MR) is 128 cm³/mol. The minimum Gasteiger partial charge on any atom is -0.319 e. The molecule has 0 bridgehead atoms. The lowest BCUT2D eigenvalue weighted by Gasteiger charge is -2.10. The van der Waals surface area contributed by atoms with E-state index in [2.05, 4.69) is 43.5 Å². The van der Waals surface area contributed by atoms with Crippen molar-refractivity contribution < 1.29 is 4.79 Å². The number of hydrogen-bond donors (Lipinski definition) is 1. The summed E-state index contributed by atoms with van der Waals surface area (Å²) in [7, 11) is 0. The van der Waals surface area contributed by atoms with E-state index in [1.807, 2.05) is 76.2 Å². The molecule has 31 heavy (non-hydrogen) atoms. The first-order chi connectivity index (χ1) is 14.8. The van der Waals surface area contributed by atoms with Crippen LogP contribution in [0.5, 0.6) is 0 Å². The Kier molecular flexibility index (Phi) is 5.74. The fraction of sp³-hybridized carbons (Fsp3) is 0.160. The molecule has 0 atom stereocenters. The maximum Gasteiger partial charge on any atom is 0.295 e. The fourth-order valence-corrected chi connectivity index (χ4v) is 3.58. The van der Waals surface area contributed by atoms with Crippen LogP contribution in [0.4, 0.5) is 5.69 Å². The molecule has 0 spiro atoms. The molecule has 5 nitrogen and oxygen atoms in total. The molecule has 0 aliphatic heterocycles. The van der Waals surface area contributed by atoms with E-state index in [1.165, 1.54) is 5.56 Å². The van der Waals surface area contributed by atoms with E-state index in [1.54, 1.807) is 4.68 Å². The van der Waals surface area contributed by atoms with E-state index in [4.69, 9.17) is 0 Å². The molecule has 4 aromatic rings. The van der Waals surface area contributed by atoms with Crippen molar-refractivity contribution in [1.29, 1.82) is 0 Å². The molecular weight excluding hydrogens is 452 g/mol. The van der Waals surface area contributed by atoms with Crippen LogP contribution in [0.1, 0.15) is 32.9 Å². The van der Waals surface area contributed by atoms with Crippen LogP contribution in [-0.2, 0) is 0 Å². The largest absolute Gasteiger partial charge is 0.319 e. The number of nitrogens with one attached hydrogen (secondary N) is 1. The highest BCUT2D eigenvalue weighted by molar-refractivity contribution is 9.10. The monoisotopic (exact) mass is 474 g/mol. The second-order valence-corrected chi connectivity index (χ2v) is 8.64. The van der Waals surface area contributed by atoms with Gasteiger partial charge in [0, 0.05) is 15.7 Å². The topological polar surface area (TPSA) is 59.8 Å². The van der Waals surface area contributed by atoms with Crippen LogP contribution in [0, 0.1) is 27.7 Å².